The Bertz CT molecular complexity index is 734. The number of piperazine rings is 1. The van der Waals surface area contributed by atoms with Crippen molar-refractivity contribution >= 4 is 5.91 Å². The van der Waals surface area contributed by atoms with Gasteiger partial charge in [0, 0.05) is 44.7 Å². The lowest BCUT2D eigenvalue weighted by molar-refractivity contribution is -0.00704. The van der Waals surface area contributed by atoms with Crippen LogP contribution in [0.3, 0.4) is 0 Å². The zero-order valence-electron chi connectivity index (χ0n) is 14.6. The van der Waals surface area contributed by atoms with Gasteiger partial charge in [-0.05, 0) is 13.8 Å². The third kappa shape index (κ3) is 3.19. The van der Waals surface area contributed by atoms with Crippen LogP contribution in [0.1, 0.15) is 47.4 Å². The van der Waals surface area contributed by atoms with Crippen LogP contribution in [0, 0.1) is 0 Å². The lowest BCUT2D eigenvalue weighted by Gasteiger charge is -2.34. The molecule has 0 saturated carbocycles. The van der Waals surface area contributed by atoms with Crippen LogP contribution in [0.15, 0.2) is 17.1 Å². The molecule has 8 heteroatoms. The van der Waals surface area contributed by atoms with E-state index in [1.165, 1.54) is 6.39 Å². The number of nitrogens with zero attached hydrogens (tertiary/aromatic N) is 4. The van der Waals surface area contributed by atoms with Crippen molar-refractivity contribution in [2.45, 2.75) is 39.0 Å². The second kappa shape index (κ2) is 6.61. The third-order valence-electron chi connectivity index (χ3n) is 4.96. The number of hydrogen-bond acceptors (Lipinski definition) is 6. The van der Waals surface area contributed by atoms with Crippen molar-refractivity contribution in [2.24, 2.45) is 0 Å². The highest BCUT2D eigenvalue weighted by molar-refractivity contribution is 5.94. The Morgan fingerprint density at radius 2 is 2.12 bits per heavy atom. The minimum atomic E-state index is -0.0490. The molecule has 2 aromatic heterocycles. The number of H-pyrrole nitrogens is 1. The summed E-state index contributed by atoms with van der Waals surface area (Å²) < 4.78 is 10.8. The van der Waals surface area contributed by atoms with Gasteiger partial charge in [0.2, 0.25) is 0 Å². The van der Waals surface area contributed by atoms with Gasteiger partial charge in [-0.2, -0.15) is 5.10 Å². The summed E-state index contributed by atoms with van der Waals surface area (Å²) in [6, 6.07) is 0. The van der Waals surface area contributed by atoms with Gasteiger partial charge in [0.05, 0.1) is 23.6 Å². The van der Waals surface area contributed by atoms with Crippen LogP contribution in [0.25, 0.3) is 0 Å². The van der Waals surface area contributed by atoms with Gasteiger partial charge in [-0.1, -0.05) is 0 Å². The first-order valence-corrected chi connectivity index (χ1v) is 8.73. The van der Waals surface area contributed by atoms with E-state index in [-0.39, 0.29) is 18.1 Å². The number of aromatic nitrogens is 3. The van der Waals surface area contributed by atoms with Crippen molar-refractivity contribution in [1.29, 1.82) is 0 Å². The van der Waals surface area contributed by atoms with Crippen LogP contribution in [0.2, 0.25) is 0 Å². The topological polar surface area (TPSA) is 87.5 Å². The van der Waals surface area contributed by atoms with Gasteiger partial charge in [-0.25, -0.2) is 4.98 Å². The second-order valence-corrected chi connectivity index (χ2v) is 6.81. The zero-order chi connectivity index (χ0) is 17.4. The molecule has 1 fully saturated rings. The number of oxazole rings is 1. The van der Waals surface area contributed by atoms with Gasteiger partial charge in [-0.3, -0.25) is 14.8 Å². The Morgan fingerprint density at radius 1 is 1.32 bits per heavy atom. The van der Waals surface area contributed by atoms with E-state index in [0.29, 0.717) is 18.8 Å². The number of rotatable bonds is 3. The number of carbonyl (C=O) groups is 1. The van der Waals surface area contributed by atoms with Crippen LogP contribution in [-0.2, 0) is 17.7 Å². The molecule has 0 unspecified atom stereocenters. The molecule has 0 spiro atoms. The normalized spacial score (nSPS) is 24.3. The molecule has 0 radical (unpaired) electrons. The number of amides is 1. The molecule has 0 aromatic carbocycles. The molecule has 25 heavy (non-hydrogen) atoms. The number of hydrogen-bond donors (Lipinski definition) is 1. The molecule has 2 atom stereocenters. The molecule has 4 rings (SSSR count). The van der Waals surface area contributed by atoms with E-state index in [1.807, 2.05) is 18.7 Å². The predicted octanol–water partition coefficient (Wildman–Crippen LogP) is 1.38. The van der Waals surface area contributed by atoms with Crippen LogP contribution in [0.5, 0.6) is 0 Å². The smallest absolute Gasteiger partial charge is 0.274 e. The van der Waals surface area contributed by atoms with Gasteiger partial charge in [0.15, 0.2) is 12.1 Å². The monoisotopic (exact) mass is 345 g/mol. The van der Waals surface area contributed by atoms with Crippen molar-refractivity contribution in [1.82, 2.24) is 25.0 Å². The molecule has 2 aromatic rings. The van der Waals surface area contributed by atoms with Crippen molar-refractivity contribution in [2.75, 3.05) is 26.2 Å². The van der Waals surface area contributed by atoms with E-state index in [1.54, 1.807) is 6.26 Å². The lowest BCUT2D eigenvalue weighted by atomic mass is 9.99. The fraction of sp³-hybridized carbons (Fsp3) is 0.588. The highest BCUT2D eigenvalue weighted by Crippen LogP contribution is 2.30. The van der Waals surface area contributed by atoms with Crippen molar-refractivity contribution in [3.8, 4) is 0 Å². The van der Waals surface area contributed by atoms with Gasteiger partial charge in [0.1, 0.15) is 6.26 Å². The van der Waals surface area contributed by atoms with Crippen LogP contribution in [0.4, 0.5) is 0 Å². The van der Waals surface area contributed by atoms with Gasteiger partial charge in [0.25, 0.3) is 5.91 Å². The second-order valence-electron chi connectivity index (χ2n) is 6.81. The fourth-order valence-electron chi connectivity index (χ4n) is 3.65. The SMILES string of the molecule is C[C@@H]1Cc2c(C(=O)N3CCN(Cc4cocn4)CC3)n[nH]c2[C@H](C)O1. The van der Waals surface area contributed by atoms with Crippen LogP contribution in [-0.4, -0.2) is 63.2 Å². The quantitative estimate of drug-likeness (QED) is 0.904. The van der Waals surface area contributed by atoms with Gasteiger partial charge >= 0.3 is 0 Å². The molecule has 2 aliphatic rings. The number of carbonyl (C=O) groups excluding carboxylic acids is 1. The number of fused-ring (bicyclic) bond motifs is 1. The maximum atomic E-state index is 12.9. The number of aromatic amines is 1. The maximum absolute atomic E-state index is 12.9. The van der Waals surface area contributed by atoms with Crippen molar-refractivity contribution in [3.63, 3.8) is 0 Å². The average molecular weight is 345 g/mol. The van der Waals surface area contributed by atoms with Crippen molar-refractivity contribution in [3.05, 3.63) is 35.3 Å². The molecule has 8 nitrogen and oxygen atoms in total. The molecule has 134 valence electrons. The minimum absolute atomic E-state index is 0.0138. The van der Waals surface area contributed by atoms with Crippen LogP contribution < -0.4 is 0 Å². The summed E-state index contributed by atoms with van der Waals surface area (Å²) in [5, 5.41) is 7.31. The highest BCUT2D eigenvalue weighted by atomic mass is 16.5. The molecule has 0 bridgehead atoms. The molecule has 0 aliphatic carbocycles. The summed E-state index contributed by atoms with van der Waals surface area (Å²) in [7, 11) is 0. The Labute approximate surface area is 146 Å². The van der Waals surface area contributed by atoms with Gasteiger partial charge in [-0.15, -0.1) is 0 Å². The predicted molar refractivity (Wildman–Crippen MR) is 88.9 cm³/mol. The van der Waals surface area contributed by atoms with Crippen molar-refractivity contribution < 1.29 is 13.9 Å². The van der Waals surface area contributed by atoms with E-state index in [9.17, 15) is 4.79 Å². The molecule has 2 aliphatic heterocycles. The molecule has 1 saturated heterocycles. The Hall–Kier alpha value is -2.19. The molecule has 1 amide bonds. The van der Waals surface area contributed by atoms with Crippen LogP contribution >= 0.6 is 0 Å². The minimum Gasteiger partial charge on any atom is -0.451 e. The summed E-state index contributed by atoms with van der Waals surface area (Å²) in [6.07, 6.45) is 3.89. The largest absolute Gasteiger partial charge is 0.451 e. The lowest BCUT2D eigenvalue weighted by Crippen LogP contribution is -2.48. The zero-order valence-corrected chi connectivity index (χ0v) is 14.6. The first-order valence-electron chi connectivity index (χ1n) is 8.73. The Kier molecular flexibility index (Phi) is 4.30. The molecular weight excluding hydrogens is 322 g/mol. The van der Waals surface area contributed by atoms with E-state index in [4.69, 9.17) is 9.15 Å². The average Bonchev–Trinajstić information content (AvgIpc) is 3.24. The first-order chi connectivity index (χ1) is 12.1. The summed E-state index contributed by atoms with van der Waals surface area (Å²) in [5.74, 6) is 0.0138. The van der Waals surface area contributed by atoms with Gasteiger partial charge < -0.3 is 14.1 Å². The van der Waals surface area contributed by atoms with E-state index >= 15 is 0 Å². The maximum Gasteiger partial charge on any atom is 0.274 e. The molecule has 4 heterocycles. The Morgan fingerprint density at radius 3 is 2.84 bits per heavy atom. The fourth-order valence-corrected chi connectivity index (χ4v) is 3.65. The highest BCUT2D eigenvalue weighted by Gasteiger charge is 2.32. The van der Waals surface area contributed by atoms with E-state index in [2.05, 4.69) is 20.1 Å². The molecular formula is C17H23N5O3. The summed E-state index contributed by atoms with van der Waals surface area (Å²) >= 11 is 0. The summed E-state index contributed by atoms with van der Waals surface area (Å²) in [4.78, 5) is 21.2. The third-order valence-corrected chi connectivity index (χ3v) is 4.96. The standard InChI is InChI=1S/C17H23N5O3/c1-11-7-14-15(12(2)25-11)19-20-16(14)17(23)22-5-3-21(4-6-22)8-13-9-24-10-18-13/h9-12H,3-8H2,1-2H3,(H,19,20)/t11-,12+/m1/s1. The number of ether oxygens (including phenoxy) is 1. The Balaban J connectivity index is 1.41. The summed E-state index contributed by atoms with van der Waals surface area (Å²) in [5.41, 5.74) is 3.43. The van der Waals surface area contributed by atoms with E-state index in [0.717, 1.165) is 43.0 Å². The number of nitrogens with one attached hydrogen (secondary N) is 1. The molecule has 1 N–H and O–H groups in total. The van der Waals surface area contributed by atoms with E-state index < -0.39 is 0 Å². The first kappa shape index (κ1) is 16.3. The summed E-state index contributed by atoms with van der Waals surface area (Å²) in [6.45, 7) is 7.80.